The fraction of sp³-hybridized carbons (Fsp3) is 0.385. The number of rotatable bonds is 5. The Morgan fingerprint density at radius 1 is 1.42 bits per heavy atom. The number of benzene rings is 1. The third-order valence-corrected chi connectivity index (χ3v) is 2.93. The number of carbonyl (C=O) groups excluding carboxylic acids is 2. The van der Waals surface area contributed by atoms with Gasteiger partial charge in [-0.25, -0.2) is 0 Å². The Balaban J connectivity index is 2.59. The van der Waals surface area contributed by atoms with E-state index in [0.717, 1.165) is 0 Å². The van der Waals surface area contributed by atoms with Crippen LogP contribution in [0.5, 0.6) is 0 Å². The lowest BCUT2D eigenvalue weighted by Crippen LogP contribution is -2.28. The number of ether oxygens (including phenoxy) is 1. The van der Waals surface area contributed by atoms with E-state index in [9.17, 15) is 9.59 Å². The van der Waals surface area contributed by atoms with Gasteiger partial charge in [-0.05, 0) is 24.6 Å². The third-order valence-electron chi connectivity index (χ3n) is 2.69. The molecule has 19 heavy (non-hydrogen) atoms. The van der Waals surface area contributed by atoms with Gasteiger partial charge in [-0.15, -0.1) is 0 Å². The van der Waals surface area contributed by atoms with Crippen LogP contribution in [0, 0.1) is 0 Å². The van der Waals surface area contributed by atoms with Gasteiger partial charge in [-0.3, -0.25) is 9.59 Å². The SMILES string of the molecule is COC(=O)CCCN(C)C(=O)c1ccc(Cl)cc1N. The van der Waals surface area contributed by atoms with Gasteiger partial charge >= 0.3 is 5.97 Å². The molecule has 0 aliphatic rings. The molecule has 1 aromatic carbocycles. The van der Waals surface area contributed by atoms with Crippen LogP contribution in [0.4, 0.5) is 5.69 Å². The molecular weight excluding hydrogens is 268 g/mol. The summed E-state index contributed by atoms with van der Waals surface area (Å²) in [5.74, 6) is -0.481. The molecule has 0 bridgehead atoms. The molecule has 0 aliphatic carbocycles. The van der Waals surface area contributed by atoms with Crippen LogP contribution in [0.15, 0.2) is 18.2 Å². The minimum Gasteiger partial charge on any atom is -0.469 e. The first kappa shape index (κ1) is 15.3. The number of hydrogen-bond donors (Lipinski definition) is 1. The summed E-state index contributed by atoms with van der Waals surface area (Å²) < 4.78 is 4.53. The standard InChI is InChI=1S/C13H17ClN2O3/c1-16(7-3-4-12(17)19-2)13(18)10-6-5-9(14)8-11(10)15/h5-6,8H,3-4,7,15H2,1-2H3. The summed E-state index contributed by atoms with van der Waals surface area (Å²) in [5, 5.41) is 0.488. The number of methoxy groups -OCH3 is 1. The molecule has 0 atom stereocenters. The van der Waals surface area contributed by atoms with Crippen LogP contribution < -0.4 is 5.73 Å². The van der Waals surface area contributed by atoms with E-state index < -0.39 is 0 Å². The van der Waals surface area contributed by atoms with E-state index in [-0.39, 0.29) is 18.3 Å². The van der Waals surface area contributed by atoms with Gasteiger partial charge in [0.2, 0.25) is 0 Å². The molecule has 104 valence electrons. The summed E-state index contributed by atoms with van der Waals surface area (Å²) in [5.41, 5.74) is 6.50. The van der Waals surface area contributed by atoms with E-state index in [1.165, 1.54) is 18.1 Å². The maximum Gasteiger partial charge on any atom is 0.305 e. The number of halogens is 1. The summed E-state index contributed by atoms with van der Waals surface area (Å²) in [7, 11) is 3.00. The summed E-state index contributed by atoms with van der Waals surface area (Å²) in [6.07, 6.45) is 0.826. The predicted molar refractivity (Wildman–Crippen MR) is 74.1 cm³/mol. The quantitative estimate of drug-likeness (QED) is 0.662. The molecule has 0 aromatic heterocycles. The molecule has 0 unspecified atom stereocenters. The summed E-state index contributed by atoms with van der Waals surface area (Å²) >= 11 is 5.78. The Bertz CT molecular complexity index is 477. The molecule has 0 aliphatic heterocycles. The molecule has 1 amide bonds. The first-order valence-electron chi connectivity index (χ1n) is 5.83. The number of hydrogen-bond acceptors (Lipinski definition) is 4. The Morgan fingerprint density at radius 2 is 2.11 bits per heavy atom. The average molecular weight is 285 g/mol. The Hall–Kier alpha value is -1.75. The smallest absolute Gasteiger partial charge is 0.305 e. The van der Waals surface area contributed by atoms with Gasteiger partial charge in [-0.2, -0.15) is 0 Å². The first-order chi connectivity index (χ1) is 8.95. The lowest BCUT2D eigenvalue weighted by molar-refractivity contribution is -0.140. The van der Waals surface area contributed by atoms with Gasteiger partial charge in [0.25, 0.3) is 5.91 Å². The van der Waals surface area contributed by atoms with Crippen molar-refractivity contribution in [3.63, 3.8) is 0 Å². The van der Waals surface area contributed by atoms with E-state index in [0.29, 0.717) is 29.2 Å². The minimum absolute atomic E-state index is 0.195. The zero-order chi connectivity index (χ0) is 14.4. The molecule has 0 fully saturated rings. The van der Waals surface area contributed by atoms with Gasteiger partial charge in [0, 0.05) is 30.7 Å². The highest BCUT2D eigenvalue weighted by Crippen LogP contribution is 2.19. The number of nitrogens with two attached hydrogens (primary N) is 1. The van der Waals surface area contributed by atoms with E-state index >= 15 is 0 Å². The maximum atomic E-state index is 12.1. The normalized spacial score (nSPS) is 10.1. The second-order valence-electron chi connectivity index (χ2n) is 4.14. The van der Waals surface area contributed by atoms with Crippen molar-refractivity contribution < 1.29 is 14.3 Å². The summed E-state index contributed by atoms with van der Waals surface area (Å²) in [6.45, 7) is 0.454. The predicted octanol–water partition coefficient (Wildman–Crippen LogP) is 1.95. The Kier molecular flexibility index (Phi) is 5.63. The van der Waals surface area contributed by atoms with Crippen molar-refractivity contribution in [2.24, 2.45) is 0 Å². The molecule has 0 saturated heterocycles. The molecule has 0 heterocycles. The number of esters is 1. The van der Waals surface area contributed by atoms with E-state index in [4.69, 9.17) is 17.3 Å². The van der Waals surface area contributed by atoms with Gasteiger partial charge < -0.3 is 15.4 Å². The second kappa shape index (κ2) is 6.99. The highest BCUT2D eigenvalue weighted by Gasteiger charge is 2.15. The summed E-state index contributed by atoms with van der Waals surface area (Å²) in [6, 6.07) is 4.75. The van der Waals surface area contributed by atoms with Crippen molar-refractivity contribution in [3.8, 4) is 0 Å². The number of amides is 1. The minimum atomic E-state index is -0.285. The van der Waals surface area contributed by atoms with Gasteiger partial charge in [0.1, 0.15) is 0 Å². The Labute approximate surface area is 117 Å². The van der Waals surface area contributed by atoms with Crippen molar-refractivity contribution in [1.82, 2.24) is 4.90 Å². The average Bonchev–Trinajstić information content (AvgIpc) is 2.37. The number of nitrogens with zero attached hydrogens (tertiary/aromatic N) is 1. The van der Waals surface area contributed by atoms with Crippen LogP contribution in [0.25, 0.3) is 0 Å². The second-order valence-corrected chi connectivity index (χ2v) is 4.57. The largest absolute Gasteiger partial charge is 0.469 e. The van der Waals surface area contributed by atoms with E-state index in [1.54, 1.807) is 19.2 Å². The van der Waals surface area contributed by atoms with E-state index in [1.807, 2.05) is 0 Å². The van der Waals surface area contributed by atoms with E-state index in [2.05, 4.69) is 4.74 Å². The molecule has 1 aromatic rings. The monoisotopic (exact) mass is 284 g/mol. The zero-order valence-corrected chi connectivity index (χ0v) is 11.7. The van der Waals surface area contributed by atoms with Crippen LogP contribution in [0.3, 0.4) is 0 Å². The lowest BCUT2D eigenvalue weighted by atomic mass is 10.1. The molecule has 0 saturated carbocycles. The van der Waals surface area contributed by atoms with Gasteiger partial charge in [-0.1, -0.05) is 11.6 Å². The molecular formula is C13H17ClN2O3. The third kappa shape index (κ3) is 4.44. The Morgan fingerprint density at radius 3 is 2.68 bits per heavy atom. The number of anilines is 1. The van der Waals surface area contributed by atoms with Crippen LogP contribution in [0.2, 0.25) is 5.02 Å². The van der Waals surface area contributed by atoms with Crippen molar-refractivity contribution >= 4 is 29.2 Å². The molecule has 1 rings (SSSR count). The lowest BCUT2D eigenvalue weighted by Gasteiger charge is -2.18. The number of carbonyl (C=O) groups is 2. The molecule has 0 spiro atoms. The molecule has 6 heteroatoms. The first-order valence-corrected chi connectivity index (χ1v) is 6.20. The van der Waals surface area contributed by atoms with Crippen molar-refractivity contribution in [2.45, 2.75) is 12.8 Å². The molecule has 5 nitrogen and oxygen atoms in total. The highest BCUT2D eigenvalue weighted by molar-refractivity contribution is 6.31. The van der Waals surface area contributed by atoms with Crippen LogP contribution in [-0.4, -0.2) is 37.5 Å². The van der Waals surface area contributed by atoms with Crippen LogP contribution in [0.1, 0.15) is 23.2 Å². The maximum absolute atomic E-state index is 12.1. The van der Waals surface area contributed by atoms with Crippen molar-refractivity contribution in [3.05, 3.63) is 28.8 Å². The van der Waals surface area contributed by atoms with Crippen molar-refractivity contribution in [1.29, 1.82) is 0 Å². The molecule has 0 radical (unpaired) electrons. The summed E-state index contributed by atoms with van der Waals surface area (Å²) in [4.78, 5) is 24.6. The number of nitrogen functional groups attached to an aromatic ring is 1. The van der Waals surface area contributed by atoms with Gasteiger partial charge in [0.15, 0.2) is 0 Å². The fourth-order valence-corrected chi connectivity index (χ4v) is 1.78. The van der Waals surface area contributed by atoms with Crippen LogP contribution in [-0.2, 0) is 9.53 Å². The van der Waals surface area contributed by atoms with Gasteiger partial charge in [0.05, 0.1) is 12.7 Å². The molecule has 2 N–H and O–H groups in total. The fourth-order valence-electron chi connectivity index (χ4n) is 1.60. The topological polar surface area (TPSA) is 72.6 Å². The zero-order valence-electron chi connectivity index (χ0n) is 11.0. The van der Waals surface area contributed by atoms with Crippen LogP contribution >= 0.6 is 11.6 Å². The van der Waals surface area contributed by atoms with Crippen molar-refractivity contribution in [2.75, 3.05) is 26.4 Å². The highest BCUT2D eigenvalue weighted by atomic mass is 35.5.